The van der Waals surface area contributed by atoms with Crippen molar-refractivity contribution in [1.82, 2.24) is 10.2 Å². The molecule has 2 atom stereocenters. The number of rotatable bonds is 7. The van der Waals surface area contributed by atoms with Crippen molar-refractivity contribution in [3.05, 3.63) is 0 Å². The van der Waals surface area contributed by atoms with Crippen molar-refractivity contribution in [1.29, 1.82) is 0 Å². The quantitative estimate of drug-likeness (QED) is 0.720. The predicted molar refractivity (Wildman–Crippen MR) is 82.6 cm³/mol. The van der Waals surface area contributed by atoms with Gasteiger partial charge < -0.3 is 10.1 Å². The standard InChI is InChI=1S/C16H34N2O/c1-6-10-19-11-8-9-18-13-15(16(3,4)5)17-12-14(18)7-2/h14-15,17H,6-13H2,1-5H3. The Kier molecular flexibility index (Phi) is 7.33. The molecular weight excluding hydrogens is 236 g/mol. The van der Waals surface area contributed by atoms with Crippen LogP contribution in [-0.4, -0.2) is 49.8 Å². The summed E-state index contributed by atoms with van der Waals surface area (Å²) < 4.78 is 5.59. The second kappa shape index (κ2) is 8.23. The Morgan fingerprint density at radius 3 is 2.53 bits per heavy atom. The fraction of sp³-hybridized carbons (Fsp3) is 1.00. The van der Waals surface area contributed by atoms with E-state index in [1.165, 1.54) is 19.5 Å². The predicted octanol–water partition coefficient (Wildman–Crippen LogP) is 2.90. The second-order valence-corrected chi connectivity index (χ2v) is 6.85. The van der Waals surface area contributed by atoms with Crippen molar-refractivity contribution < 1.29 is 4.74 Å². The van der Waals surface area contributed by atoms with Gasteiger partial charge in [-0.15, -0.1) is 0 Å². The van der Waals surface area contributed by atoms with Crippen LogP contribution in [0.5, 0.6) is 0 Å². The number of nitrogens with one attached hydrogen (secondary N) is 1. The van der Waals surface area contributed by atoms with Gasteiger partial charge in [0, 0.05) is 44.9 Å². The molecule has 0 aromatic heterocycles. The van der Waals surface area contributed by atoms with Gasteiger partial charge in [-0.3, -0.25) is 4.90 Å². The van der Waals surface area contributed by atoms with Crippen LogP contribution in [0.25, 0.3) is 0 Å². The molecule has 0 aromatic rings. The van der Waals surface area contributed by atoms with Gasteiger partial charge in [-0.05, 0) is 24.7 Å². The van der Waals surface area contributed by atoms with Crippen molar-refractivity contribution in [2.45, 2.75) is 66.0 Å². The number of hydrogen-bond acceptors (Lipinski definition) is 3. The van der Waals surface area contributed by atoms with E-state index in [0.29, 0.717) is 17.5 Å². The lowest BCUT2D eigenvalue weighted by atomic mass is 9.84. The highest BCUT2D eigenvalue weighted by atomic mass is 16.5. The lowest BCUT2D eigenvalue weighted by molar-refractivity contribution is 0.0670. The maximum absolute atomic E-state index is 5.59. The van der Waals surface area contributed by atoms with Gasteiger partial charge in [-0.2, -0.15) is 0 Å². The van der Waals surface area contributed by atoms with E-state index in [2.05, 4.69) is 44.8 Å². The molecule has 0 amide bonds. The fourth-order valence-corrected chi connectivity index (χ4v) is 2.73. The Morgan fingerprint density at radius 1 is 1.21 bits per heavy atom. The second-order valence-electron chi connectivity index (χ2n) is 6.85. The molecule has 19 heavy (non-hydrogen) atoms. The van der Waals surface area contributed by atoms with Crippen LogP contribution in [-0.2, 0) is 4.74 Å². The SMILES string of the molecule is CCCOCCCN1CC(C(C)(C)C)NCC1CC. The van der Waals surface area contributed by atoms with E-state index in [0.717, 1.165) is 32.6 Å². The highest BCUT2D eigenvalue weighted by Gasteiger charge is 2.32. The zero-order valence-corrected chi connectivity index (χ0v) is 13.7. The van der Waals surface area contributed by atoms with Gasteiger partial charge in [0.2, 0.25) is 0 Å². The number of nitrogens with zero attached hydrogens (tertiary/aromatic N) is 1. The lowest BCUT2D eigenvalue weighted by Gasteiger charge is -2.45. The van der Waals surface area contributed by atoms with Gasteiger partial charge in [0.1, 0.15) is 0 Å². The van der Waals surface area contributed by atoms with Gasteiger partial charge >= 0.3 is 0 Å². The van der Waals surface area contributed by atoms with E-state index >= 15 is 0 Å². The largest absolute Gasteiger partial charge is 0.381 e. The van der Waals surface area contributed by atoms with Crippen molar-refractivity contribution in [2.24, 2.45) is 5.41 Å². The molecule has 1 rings (SSSR count). The average Bonchev–Trinajstić information content (AvgIpc) is 2.37. The minimum Gasteiger partial charge on any atom is -0.381 e. The molecule has 3 nitrogen and oxygen atoms in total. The number of ether oxygens (including phenoxy) is 1. The minimum absolute atomic E-state index is 0.343. The molecule has 0 saturated carbocycles. The third kappa shape index (κ3) is 5.80. The molecule has 0 spiro atoms. The summed E-state index contributed by atoms with van der Waals surface area (Å²) in [5, 5.41) is 3.73. The maximum Gasteiger partial charge on any atom is 0.0478 e. The Bertz CT molecular complexity index is 237. The summed E-state index contributed by atoms with van der Waals surface area (Å²) in [4.78, 5) is 2.67. The summed E-state index contributed by atoms with van der Waals surface area (Å²) in [6, 6.07) is 1.30. The topological polar surface area (TPSA) is 24.5 Å². The van der Waals surface area contributed by atoms with Crippen molar-refractivity contribution in [2.75, 3.05) is 32.8 Å². The monoisotopic (exact) mass is 270 g/mol. The summed E-state index contributed by atoms with van der Waals surface area (Å²) >= 11 is 0. The molecule has 1 N–H and O–H groups in total. The van der Waals surface area contributed by atoms with Gasteiger partial charge in [-0.1, -0.05) is 34.6 Å². The van der Waals surface area contributed by atoms with Gasteiger partial charge in [-0.25, -0.2) is 0 Å². The number of piperazine rings is 1. The summed E-state index contributed by atoms with van der Waals surface area (Å²) in [7, 11) is 0. The summed E-state index contributed by atoms with van der Waals surface area (Å²) in [6.45, 7) is 16.8. The lowest BCUT2D eigenvalue weighted by Crippen LogP contribution is -2.60. The Morgan fingerprint density at radius 2 is 1.95 bits per heavy atom. The maximum atomic E-state index is 5.59. The molecule has 0 bridgehead atoms. The molecule has 0 aliphatic carbocycles. The van der Waals surface area contributed by atoms with Crippen LogP contribution in [0.4, 0.5) is 0 Å². The molecule has 1 saturated heterocycles. The normalized spacial score (nSPS) is 25.7. The fourth-order valence-electron chi connectivity index (χ4n) is 2.73. The van der Waals surface area contributed by atoms with Gasteiger partial charge in [0.25, 0.3) is 0 Å². The molecule has 0 aromatic carbocycles. The van der Waals surface area contributed by atoms with E-state index in [1.54, 1.807) is 0 Å². The van der Waals surface area contributed by atoms with Crippen molar-refractivity contribution in [3.63, 3.8) is 0 Å². The third-order valence-electron chi connectivity index (χ3n) is 4.13. The molecule has 2 unspecified atom stereocenters. The molecule has 114 valence electrons. The molecule has 1 fully saturated rings. The van der Waals surface area contributed by atoms with E-state index < -0.39 is 0 Å². The van der Waals surface area contributed by atoms with Crippen LogP contribution < -0.4 is 5.32 Å². The van der Waals surface area contributed by atoms with Crippen LogP contribution >= 0.6 is 0 Å². The first-order valence-corrected chi connectivity index (χ1v) is 8.04. The van der Waals surface area contributed by atoms with Crippen LogP contribution in [0.1, 0.15) is 53.9 Å². The Labute approximate surface area is 120 Å². The van der Waals surface area contributed by atoms with E-state index in [9.17, 15) is 0 Å². The summed E-state index contributed by atoms with van der Waals surface area (Å²) in [5.74, 6) is 0. The molecule has 0 radical (unpaired) electrons. The first-order valence-electron chi connectivity index (χ1n) is 8.04. The molecule has 1 heterocycles. The van der Waals surface area contributed by atoms with Gasteiger partial charge in [0.15, 0.2) is 0 Å². The zero-order valence-electron chi connectivity index (χ0n) is 13.7. The first kappa shape index (κ1) is 16.9. The van der Waals surface area contributed by atoms with E-state index in [-0.39, 0.29) is 0 Å². The molecule has 3 heteroatoms. The van der Waals surface area contributed by atoms with Crippen LogP contribution in [0.15, 0.2) is 0 Å². The van der Waals surface area contributed by atoms with Crippen molar-refractivity contribution >= 4 is 0 Å². The smallest absolute Gasteiger partial charge is 0.0478 e. The van der Waals surface area contributed by atoms with Crippen molar-refractivity contribution in [3.8, 4) is 0 Å². The van der Waals surface area contributed by atoms with E-state index in [1.807, 2.05) is 0 Å². The van der Waals surface area contributed by atoms with Crippen LogP contribution in [0.2, 0.25) is 0 Å². The zero-order chi connectivity index (χ0) is 14.3. The average molecular weight is 270 g/mol. The van der Waals surface area contributed by atoms with Gasteiger partial charge in [0.05, 0.1) is 0 Å². The highest BCUT2D eigenvalue weighted by Crippen LogP contribution is 2.24. The molecular formula is C16H34N2O. The molecule has 1 aliphatic rings. The Balaban J connectivity index is 2.37. The minimum atomic E-state index is 0.343. The third-order valence-corrected chi connectivity index (χ3v) is 4.13. The first-order chi connectivity index (χ1) is 8.99. The number of hydrogen-bond donors (Lipinski definition) is 1. The van der Waals surface area contributed by atoms with Crippen LogP contribution in [0, 0.1) is 5.41 Å². The van der Waals surface area contributed by atoms with Crippen LogP contribution in [0.3, 0.4) is 0 Å². The molecule has 1 aliphatic heterocycles. The highest BCUT2D eigenvalue weighted by molar-refractivity contribution is 4.91. The van der Waals surface area contributed by atoms with E-state index in [4.69, 9.17) is 4.74 Å². The summed E-state index contributed by atoms with van der Waals surface area (Å²) in [6.07, 6.45) is 3.52. The summed E-state index contributed by atoms with van der Waals surface area (Å²) in [5.41, 5.74) is 0.343. The Hall–Kier alpha value is -0.120.